The lowest BCUT2D eigenvalue weighted by molar-refractivity contribution is -0.145. The Labute approximate surface area is 230 Å². The molecule has 10 nitrogen and oxygen atoms in total. The van der Waals surface area contributed by atoms with Gasteiger partial charge in [0.05, 0.1) is 18.0 Å². The number of hydrogen-bond acceptors (Lipinski definition) is 8. The van der Waals surface area contributed by atoms with E-state index in [1.165, 1.54) is 23.5 Å². The first-order chi connectivity index (χ1) is 18.3. The van der Waals surface area contributed by atoms with Gasteiger partial charge in [-0.05, 0) is 42.2 Å². The zero-order valence-electron chi connectivity index (χ0n) is 23.1. The van der Waals surface area contributed by atoms with Crippen molar-refractivity contribution in [2.24, 2.45) is 17.1 Å². The number of methoxy groups -OCH3 is 1. The molecule has 0 bridgehead atoms. The second-order valence-electron chi connectivity index (χ2n) is 10.9. The van der Waals surface area contributed by atoms with E-state index in [4.69, 9.17) is 19.9 Å². The van der Waals surface area contributed by atoms with Crippen LogP contribution in [-0.4, -0.2) is 69.8 Å². The van der Waals surface area contributed by atoms with Crippen LogP contribution >= 0.6 is 0 Å². The number of esters is 1. The van der Waals surface area contributed by atoms with Gasteiger partial charge in [0.1, 0.15) is 12.4 Å². The zero-order chi connectivity index (χ0) is 28.8. The van der Waals surface area contributed by atoms with Crippen LogP contribution < -0.4 is 15.8 Å². The van der Waals surface area contributed by atoms with Gasteiger partial charge in [-0.1, -0.05) is 58.0 Å². The van der Waals surface area contributed by atoms with E-state index in [0.29, 0.717) is 12.2 Å². The van der Waals surface area contributed by atoms with Gasteiger partial charge in [0, 0.05) is 24.5 Å². The van der Waals surface area contributed by atoms with Gasteiger partial charge in [0.15, 0.2) is 0 Å². The molecule has 2 aromatic carbocycles. The molecule has 3 atom stereocenters. The lowest BCUT2D eigenvalue weighted by atomic mass is 9.90. The molecule has 0 unspecified atom stereocenters. The number of nitrogens with two attached hydrogens (primary N) is 1. The van der Waals surface area contributed by atoms with E-state index in [2.05, 4.69) is 5.32 Å². The number of cyclic esters (lactones) is 1. The molecule has 1 amide bonds. The summed E-state index contributed by atoms with van der Waals surface area (Å²) < 4.78 is 44.2. The lowest BCUT2D eigenvalue weighted by Gasteiger charge is -2.32. The van der Waals surface area contributed by atoms with Crippen molar-refractivity contribution < 1.29 is 32.2 Å². The normalized spacial score (nSPS) is 18.5. The van der Waals surface area contributed by atoms with Crippen LogP contribution in [0.25, 0.3) is 0 Å². The fraction of sp³-hybridized carbons (Fsp3) is 0.500. The summed E-state index contributed by atoms with van der Waals surface area (Å²) in [6.07, 6.45) is -1.55. The summed E-state index contributed by atoms with van der Waals surface area (Å²) in [6.45, 7) is 7.70. The van der Waals surface area contributed by atoms with E-state index in [-0.39, 0.29) is 30.5 Å². The number of benzene rings is 2. The lowest BCUT2D eigenvalue weighted by Crippen LogP contribution is -2.55. The summed E-state index contributed by atoms with van der Waals surface area (Å²) >= 11 is 0. The maximum atomic E-state index is 13.6. The maximum Gasteiger partial charge on any atom is 0.408 e. The van der Waals surface area contributed by atoms with Gasteiger partial charge in [-0.25, -0.2) is 18.0 Å². The van der Waals surface area contributed by atoms with Crippen molar-refractivity contribution in [1.29, 1.82) is 0 Å². The number of rotatable bonds is 12. The third kappa shape index (κ3) is 7.93. The molecule has 3 N–H and O–H groups in total. The number of alkyl carbamates (subject to hydrolysis) is 1. The van der Waals surface area contributed by atoms with Crippen LogP contribution in [-0.2, 0) is 30.7 Å². The number of carbonyl (C=O) groups is 2. The monoisotopic (exact) mass is 561 g/mol. The molecular formula is C28H39N3O7S. The molecule has 0 saturated carbocycles. The van der Waals surface area contributed by atoms with Crippen LogP contribution in [0.2, 0.25) is 0 Å². The number of ether oxygens (including phenoxy) is 3. The first-order valence-electron chi connectivity index (χ1n) is 12.9. The molecule has 0 aliphatic carbocycles. The summed E-state index contributed by atoms with van der Waals surface area (Å²) in [4.78, 5) is 25.2. The summed E-state index contributed by atoms with van der Waals surface area (Å²) in [7, 11) is -2.39. The highest BCUT2D eigenvalue weighted by Gasteiger charge is 2.47. The Morgan fingerprint density at radius 1 is 1.13 bits per heavy atom. The van der Waals surface area contributed by atoms with Gasteiger partial charge in [-0.3, -0.25) is 0 Å². The molecule has 0 spiro atoms. The van der Waals surface area contributed by atoms with E-state index in [0.717, 1.165) is 5.56 Å². The highest BCUT2D eigenvalue weighted by molar-refractivity contribution is 7.89. The first-order valence-corrected chi connectivity index (χ1v) is 14.3. The number of carbonyl (C=O) groups excluding carboxylic acids is 2. The van der Waals surface area contributed by atoms with E-state index >= 15 is 0 Å². The number of amides is 1. The topological polar surface area (TPSA) is 137 Å². The minimum Gasteiger partial charge on any atom is -0.497 e. The van der Waals surface area contributed by atoms with Crippen molar-refractivity contribution in [2.45, 2.75) is 57.2 Å². The quantitative estimate of drug-likeness (QED) is 0.378. The van der Waals surface area contributed by atoms with Crippen LogP contribution in [0, 0.1) is 11.3 Å². The molecule has 39 heavy (non-hydrogen) atoms. The number of hydrogen-bond donors (Lipinski definition) is 2. The van der Waals surface area contributed by atoms with Crippen LogP contribution in [0.5, 0.6) is 5.75 Å². The Bertz CT molecular complexity index is 1220. The van der Waals surface area contributed by atoms with Crippen LogP contribution in [0.4, 0.5) is 4.79 Å². The fourth-order valence-electron chi connectivity index (χ4n) is 4.34. The Balaban J connectivity index is 1.83. The van der Waals surface area contributed by atoms with Crippen molar-refractivity contribution in [3.05, 3.63) is 60.2 Å². The minimum atomic E-state index is -3.90. The minimum absolute atomic E-state index is 0.0198. The average Bonchev–Trinajstić information content (AvgIpc) is 3.15. The van der Waals surface area contributed by atoms with Gasteiger partial charge in [0.2, 0.25) is 16.1 Å². The molecule has 1 aliphatic heterocycles. The highest BCUT2D eigenvalue weighted by atomic mass is 32.2. The van der Waals surface area contributed by atoms with Crippen molar-refractivity contribution in [2.75, 3.05) is 26.8 Å². The molecule has 1 heterocycles. The van der Waals surface area contributed by atoms with Gasteiger partial charge in [-0.2, -0.15) is 4.31 Å². The number of nitrogens with zero attached hydrogens (tertiary/aromatic N) is 1. The number of nitrogens with one attached hydrogen (secondary N) is 1. The van der Waals surface area contributed by atoms with Crippen molar-refractivity contribution in [3.8, 4) is 5.75 Å². The second kappa shape index (κ2) is 12.8. The standard InChI is InChI=1S/C28H39N3O7S/c1-19(2)16-31(39(34,35)22-13-11-21(36-5)12-14-22)17-23(29)24(15-20-9-7-6-8-10-20)30-27(33)38-25-26(32)37-18-28(25,3)4/h6-14,19,23-25H,15-18,29H2,1-5H3,(H,30,33)/t23-,24+,25+/m1/s1. The Hall–Kier alpha value is -3.15. The second-order valence-corrected chi connectivity index (χ2v) is 12.8. The Morgan fingerprint density at radius 2 is 1.77 bits per heavy atom. The fourth-order valence-corrected chi connectivity index (χ4v) is 5.98. The van der Waals surface area contributed by atoms with Crippen molar-refractivity contribution in [3.63, 3.8) is 0 Å². The average molecular weight is 562 g/mol. The molecule has 11 heteroatoms. The highest BCUT2D eigenvalue weighted by Crippen LogP contribution is 2.31. The first kappa shape index (κ1) is 30.4. The van der Waals surface area contributed by atoms with E-state index in [9.17, 15) is 18.0 Å². The largest absolute Gasteiger partial charge is 0.497 e. The third-order valence-corrected chi connectivity index (χ3v) is 8.38. The van der Waals surface area contributed by atoms with Crippen LogP contribution in [0.15, 0.2) is 59.5 Å². The molecule has 0 radical (unpaired) electrons. The smallest absolute Gasteiger partial charge is 0.408 e. The van der Waals surface area contributed by atoms with Gasteiger partial charge in [0.25, 0.3) is 0 Å². The van der Waals surface area contributed by atoms with Gasteiger partial charge >= 0.3 is 12.1 Å². The summed E-state index contributed by atoms with van der Waals surface area (Å²) in [6, 6.07) is 14.1. The summed E-state index contributed by atoms with van der Waals surface area (Å²) in [5, 5.41) is 2.78. The predicted molar refractivity (Wildman–Crippen MR) is 147 cm³/mol. The van der Waals surface area contributed by atoms with E-state index in [1.807, 2.05) is 44.2 Å². The molecule has 1 aliphatic rings. The molecule has 214 valence electrons. The summed E-state index contributed by atoms with van der Waals surface area (Å²) in [5.41, 5.74) is 6.83. The Morgan fingerprint density at radius 3 is 2.31 bits per heavy atom. The number of sulfonamides is 1. The van der Waals surface area contributed by atoms with Gasteiger partial charge < -0.3 is 25.3 Å². The van der Waals surface area contributed by atoms with Crippen molar-refractivity contribution >= 4 is 22.1 Å². The third-order valence-electron chi connectivity index (χ3n) is 6.53. The molecule has 3 rings (SSSR count). The SMILES string of the molecule is COc1ccc(S(=O)(=O)N(CC(C)C)C[C@@H](N)[C@H](Cc2ccccc2)NC(=O)O[C@H]2C(=O)OCC2(C)C)cc1. The van der Waals surface area contributed by atoms with Crippen LogP contribution in [0.1, 0.15) is 33.3 Å². The zero-order valence-corrected chi connectivity index (χ0v) is 23.9. The van der Waals surface area contributed by atoms with Gasteiger partial charge in [-0.15, -0.1) is 0 Å². The Kier molecular flexibility index (Phi) is 9.98. The van der Waals surface area contributed by atoms with E-state index < -0.39 is 45.7 Å². The van der Waals surface area contributed by atoms with Crippen LogP contribution in [0.3, 0.4) is 0 Å². The molecule has 1 saturated heterocycles. The summed E-state index contributed by atoms with van der Waals surface area (Å²) in [5.74, 6) is -0.0416. The molecular weight excluding hydrogens is 522 g/mol. The molecule has 2 aromatic rings. The molecule has 1 fully saturated rings. The predicted octanol–water partition coefficient (Wildman–Crippen LogP) is 2.96. The van der Waals surface area contributed by atoms with E-state index in [1.54, 1.807) is 26.0 Å². The van der Waals surface area contributed by atoms with Crippen molar-refractivity contribution in [1.82, 2.24) is 9.62 Å². The molecule has 0 aromatic heterocycles. The maximum absolute atomic E-state index is 13.6.